The minimum Gasteiger partial charge on any atom is -0.494 e. The summed E-state index contributed by atoms with van der Waals surface area (Å²) >= 11 is 0. The summed E-state index contributed by atoms with van der Waals surface area (Å²) in [6.45, 7) is 2.16. The number of hydrogen-bond donors (Lipinski definition) is 0. The van der Waals surface area contributed by atoms with E-state index >= 15 is 8.78 Å². The second-order valence-electron chi connectivity index (χ2n) is 8.88. The van der Waals surface area contributed by atoms with Gasteiger partial charge >= 0.3 is 0 Å². The van der Waals surface area contributed by atoms with Crippen LogP contribution < -0.4 is 4.74 Å². The number of aryl methyl sites for hydroxylation is 1. The minimum atomic E-state index is -1.05. The Morgan fingerprint density at radius 2 is 1.22 bits per heavy atom. The molecule has 4 aromatic carbocycles. The zero-order valence-electron chi connectivity index (χ0n) is 20.8. The van der Waals surface area contributed by atoms with E-state index in [9.17, 15) is 8.78 Å². The molecule has 0 amide bonds. The Balaban J connectivity index is 1.51. The van der Waals surface area contributed by atoms with Gasteiger partial charge in [0.2, 0.25) is 5.82 Å². The summed E-state index contributed by atoms with van der Waals surface area (Å²) in [6, 6.07) is 20.3. The second-order valence-corrected chi connectivity index (χ2v) is 8.88. The normalized spacial score (nSPS) is 11.3. The van der Waals surface area contributed by atoms with E-state index < -0.39 is 23.3 Å². The van der Waals surface area contributed by atoms with Gasteiger partial charge < -0.3 is 4.74 Å². The molecule has 0 heterocycles. The third-order valence-electron chi connectivity index (χ3n) is 6.39. The summed E-state index contributed by atoms with van der Waals surface area (Å²) in [6.07, 6.45) is 7.46. The highest BCUT2D eigenvalue weighted by Crippen LogP contribution is 2.32. The molecular formula is C32H28F4O. The molecule has 0 atom stereocenters. The molecule has 0 aliphatic heterocycles. The van der Waals surface area contributed by atoms with Gasteiger partial charge in [0.05, 0.1) is 7.11 Å². The van der Waals surface area contributed by atoms with Crippen molar-refractivity contribution in [3.05, 3.63) is 113 Å². The molecule has 4 aromatic rings. The quantitative estimate of drug-likeness (QED) is 0.125. The summed E-state index contributed by atoms with van der Waals surface area (Å²) < 4.78 is 62.9. The number of halogens is 4. The predicted octanol–water partition coefficient (Wildman–Crippen LogP) is 9.49. The van der Waals surface area contributed by atoms with Crippen molar-refractivity contribution in [2.24, 2.45) is 0 Å². The monoisotopic (exact) mass is 504 g/mol. The molecule has 0 N–H and O–H groups in total. The van der Waals surface area contributed by atoms with Crippen molar-refractivity contribution >= 4 is 12.2 Å². The van der Waals surface area contributed by atoms with Crippen LogP contribution in [0.3, 0.4) is 0 Å². The van der Waals surface area contributed by atoms with E-state index in [1.54, 1.807) is 42.5 Å². The van der Waals surface area contributed by atoms with Crippen LogP contribution in [0.1, 0.15) is 42.9 Å². The maximum Gasteiger partial charge on any atom is 0.201 e. The lowest BCUT2D eigenvalue weighted by Gasteiger charge is -2.10. The number of methoxy groups -OCH3 is 1. The standard InChI is InChI=1S/C32H28F4O/c1-3-4-5-6-21-7-12-23(13-8-21)26-18-19-27(31(35)30(26)34)24-14-9-22(10-15-24)11-16-25-17-20-28(37-2)32(36)29(25)33/h7-20H,3-6H2,1-2H3/b16-11+. The molecule has 0 unspecified atom stereocenters. The van der Waals surface area contributed by atoms with Gasteiger partial charge in [0, 0.05) is 16.7 Å². The van der Waals surface area contributed by atoms with Crippen molar-refractivity contribution in [1.29, 1.82) is 0 Å². The van der Waals surface area contributed by atoms with Crippen molar-refractivity contribution in [3.8, 4) is 28.0 Å². The highest BCUT2D eigenvalue weighted by molar-refractivity contribution is 5.75. The van der Waals surface area contributed by atoms with Crippen molar-refractivity contribution in [3.63, 3.8) is 0 Å². The number of benzene rings is 4. The molecule has 0 aliphatic rings. The van der Waals surface area contributed by atoms with E-state index in [1.807, 2.05) is 24.3 Å². The largest absolute Gasteiger partial charge is 0.494 e. The Kier molecular flexibility index (Phi) is 8.44. The van der Waals surface area contributed by atoms with Crippen LogP contribution in [-0.2, 0) is 6.42 Å². The van der Waals surface area contributed by atoms with Gasteiger partial charge in [0.1, 0.15) is 0 Å². The van der Waals surface area contributed by atoms with Gasteiger partial charge in [-0.15, -0.1) is 0 Å². The van der Waals surface area contributed by atoms with Crippen LogP contribution in [0.4, 0.5) is 17.6 Å². The molecule has 0 aromatic heterocycles. The first-order valence-corrected chi connectivity index (χ1v) is 12.3. The second kappa shape index (κ2) is 11.9. The Morgan fingerprint density at radius 1 is 0.622 bits per heavy atom. The highest BCUT2D eigenvalue weighted by atomic mass is 19.2. The maximum atomic E-state index is 15.1. The molecule has 0 saturated carbocycles. The van der Waals surface area contributed by atoms with E-state index in [4.69, 9.17) is 4.74 Å². The van der Waals surface area contributed by atoms with Gasteiger partial charge in [-0.25, -0.2) is 13.2 Å². The number of rotatable bonds is 9. The van der Waals surface area contributed by atoms with Crippen molar-refractivity contribution in [2.45, 2.75) is 32.6 Å². The first-order valence-electron chi connectivity index (χ1n) is 12.3. The molecule has 0 saturated heterocycles. The summed E-state index contributed by atoms with van der Waals surface area (Å²) in [5, 5.41) is 0. The fourth-order valence-electron chi connectivity index (χ4n) is 4.22. The molecular weight excluding hydrogens is 476 g/mol. The Bertz CT molecular complexity index is 1390. The molecule has 0 spiro atoms. The van der Waals surface area contributed by atoms with E-state index in [0.717, 1.165) is 19.3 Å². The van der Waals surface area contributed by atoms with Gasteiger partial charge in [-0.1, -0.05) is 92.6 Å². The number of ether oxygens (including phenoxy) is 1. The first kappa shape index (κ1) is 26.2. The average Bonchev–Trinajstić information content (AvgIpc) is 2.92. The smallest absolute Gasteiger partial charge is 0.201 e. The molecule has 1 nitrogen and oxygen atoms in total. The Morgan fingerprint density at radius 3 is 1.78 bits per heavy atom. The third kappa shape index (κ3) is 5.93. The molecule has 5 heteroatoms. The van der Waals surface area contributed by atoms with Crippen LogP contribution in [0.5, 0.6) is 5.75 Å². The van der Waals surface area contributed by atoms with E-state index in [2.05, 4.69) is 6.92 Å². The van der Waals surface area contributed by atoms with Crippen LogP contribution in [0.2, 0.25) is 0 Å². The van der Waals surface area contributed by atoms with Gasteiger partial charge in [0.25, 0.3) is 0 Å². The van der Waals surface area contributed by atoms with E-state index in [0.29, 0.717) is 16.7 Å². The summed E-state index contributed by atoms with van der Waals surface area (Å²) in [7, 11) is 1.27. The highest BCUT2D eigenvalue weighted by Gasteiger charge is 2.16. The van der Waals surface area contributed by atoms with Gasteiger partial charge in [-0.3, -0.25) is 0 Å². The number of hydrogen-bond acceptors (Lipinski definition) is 1. The molecule has 190 valence electrons. The Hall–Kier alpha value is -3.86. The van der Waals surface area contributed by atoms with Crippen molar-refractivity contribution < 1.29 is 22.3 Å². The third-order valence-corrected chi connectivity index (χ3v) is 6.39. The average molecular weight is 505 g/mol. The van der Waals surface area contributed by atoms with E-state index in [-0.39, 0.29) is 22.4 Å². The molecule has 0 radical (unpaired) electrons. The minimum absolute atomic E-state index is 0.0695. The van der Waals surface area contributed by atoms with Crippen molar-refractivity contribution in [2.75, 3.05) is 7.11 Å². The van der Waals surface area contributed by atoms with E-state index in [1.165, 1.54) is 37.3 Å². The predicted molar refractivity (Wildman–Crippen MR) is 142 cm³/mol. The maximum absolute atomic E-state index is 15.1. The summed E-state index contributed by atoms with van der Waals surface area (Å²) in [4.78, 5) is 0. The summed E-state index contributed by atoms with van der Waals surface area (Å²) in [5.74, 6) is -4.03. The Labute approximate surface area is 215 Å². The zero-order chi connectivity index (χ0) is 26.4. The fourth-order valence-corrected chi connectivity index (χ4v) is 4.22. The van der Waals surface area contributed by atoms with Gasteiger partial charge in [-0.2, -0.15) is 4.39 Å². The van der Waals surface area contributed by atoms with Crippen LogP contribution in [0, 0.1) is 23.3 Å². The molecule has 0 fully saturated rings. The van der Waals surface area contributed by atoms with Crippen LogP contribution in [0.25, 0.3) is 34.4 Å². The molecule has 37 heavy (non-hydrogen) atoms. The SMILES string of the molecule is CCCCCc1ccc(-c2ccc(-c3ccc(/C=C/c4ccc(OC)c(F)c4F)cc3)c(F)c2F)cc1. The molecule has 0 aliphatic carbocycles. The summed E-state index contributed by atoms with van der Waals surface area (Å²) in [5.41, 5.74) is 3.45. The number of unbranched alkanes of at least 4 members (excludes halogenated alkanes) is 2. The van der Waals surface area contributed by atoms with Crippen LogP contribution in [0.15, 0.2) is 72.8 Å². The zero-order valence-corrected chi connectivity index (χ0v) is 20.8. The lowest BCUT2D eigenvalue weighted by Crippen LogP contribution is -1.95. The molecule has 0 bridgehead atoms. The lowest BCUT2D eigenvalue weighted by molar-refractivity contribution is 0.371. The van der Waals surface area contributed by atoms with Crippen LogP contribution in [-0.4, -0.2) is 7.11 Å². The lowest BCUT2D eigenvalue weighted by atomic mass is 9.97. The van der Waals surface area contributed by atoms with Crippen LogP contribution >= 0.6 is 0 Å². The van der Waals surface area contributed by atoms with Gasteiger partial charge in [-0.05, 0) is 47.2 Å². The topological polar surface area (TPSA) is 9.23 Å². The van der Waals surface area contributed by atoms with Gasteiger partial charge in [0.15, 0.2) is 23.2 Å². The molecule has 4 rings (SSSR count). The fraction of sp³-hybridized carbons (Fsp3) is 0.188. The van der Waals surface area contributed by atoms with Crippen molar-refractivity contribution in [1.82, 2.24) is 0 Å². The first-order chi connectivity index (χ1) is 17.9.